The van der Waals surface area contributed by atoms with Gasteiger partial charge in [0, 0.05) is 12.7 Å². The third kappa shape index (κ3) is 3.11. The van der Waals surface area contributed by atoms with Gasteiger partial charge in [-0.1, -0.05) is 18.2 Å². The van der Waals surface area contributed by atoms with Crippen LogP contribution in [-0.4, -0.2) is 36.7 Å². The first kappa shape index (κ1) is 17.7. The average molecular weight is 385 g/mol. The number of hydrogen-bond donors (Lipinski definition) is 1. The molecule has 3 heterocycles. The van der Waals surface area contributed by atoms with E-state index in [1.807, 2.05) is 31.2 Å². The number of thiophene rings is 1. The van der Waals surface area contributed by atoms with Crippen molar-refractivity contribution >= 4 is 27.5 Å². The number of ether oxygens (including phenoxy) is 3. The summed E-state index contributed by atoms with van der Waals surface area (Å²) >= 11 is 1.33. The molecule has 0 unspecified atom stereocenters. The fourth-order valence-corrected chi connectivity index (χ4v) is 4.30. The lowest BCUT2D eigenvalue weighted by molar-refractivity contribution is 0.0934. The van der Waals surface area contributed by atoms with Crippen LogP contribution in [0.25, 0.3) is 10.2 Å². The smallest absolute Gasteiger partial charge is 0.262 e. The normalized spacial score (nSPS) is 15.4. The largest absolute Gasteiger partial charge is 0.491 e. The minimum atomic E-state index is -0.171. The number of carbonyl (C=O) groups excluding carboxylic acids is 1. The highest BCUT2D eigenvalue weighted by atomic mass is 32.1. The van der Waals surface area contributed by atoms with Crippen molar-refractivity contribution in [2.24, 2.45) is 0 Å². The Balaban J connectivity index is 1.67. The van der Waals surface area contributed by atoms with Gasteiger partial charge in [0.15, 0.2) is 5.82 Å². The lowest BCUT2D eigenvalue weighted by Gasteiger charge is -2.11. The van der Waals surface area contributed by atoms with Crippen LogP contribution in [0.1, 0.15) is 32.7 Å². The molecule has 0 saturated carbocycles. The standard InChI is InChI=1S/C19H19N3O4S/c1-10-15-18(25-3)21-14(9-24-2)22-19(15)27-16(10)17(23)20-12-8-26-13-7-5-4-6-11(12)13/h4-7,12H,8-9H2,1-3H3,(H,20,23)/t12-/m1/s1. The SMILES string of the molecule is COCc1nc(OC)c2c(C)c(C(=O)N[C@@H]3COc4ccccc43)sc2n1. The van der Waals surface area contributed by atoms with E-state index in [0.717, 1.165) is 22.3 Å². The summed E-state index contributed by atoms with van der Waals surface area (Å²) in [6.07, 6.45) is 0. The Morgan fingerprint density at radius 3 is 2.93 bits per heavy atom. The van der Waals surface area contributed by atoms with E-state index < -0.39 is 0 Å². The Morgan fingerprint density at radius 2 is 2.15 bits per heavy atom. The molecule has 140 valence electrons. The summed E-state index contributed by atoms with van der Waals surface area (Å²) in [6, 6.07) is 7.56. The van der Waals surface area contributed by atoms with Crippen LogP contribution in [0.3, 0.4) is 0 Å². The predicted octanol–water partition coefficient (Wildman–Crippen LogP) is 3.02. The molecule has 2 aromatic heterocycles. The van der Waals surface area contributed by atoms with Crippen LogP contribution in [0.4, 0.5) is 0 Å². The van der Waals surface area contributed by atoms with E-state index in [9.17, 15) is 4.79 Å². The molecule has 0 radical (unpaired) electrons. The van der Waals surface area contributed by atoms with Gasteiger partial charge in [0.1, 0.15) is 23.8 Å². The number of nitrogens with zero attached hydrogens (tertiary/aromatic N) is 2. The van der Waals surface area contributed by atoms with Crippen LogP contribution in [0.5, 0.6) is 11.6 Å². The Morgan fingerprint density at radius 1 is 1.33 bits per heavy atom. The first-order valence-electron chi connectivity index (χ1n) is 8.48. The van der Waals surface area contributed by atoms with Crippen molar-refractivity contribution in [1.82, 2.24) is 15.3 Å². The molecule has 1 aliphatic heterocycles. The van der Waals surface area contributed by atoms with E-state index in [1.165, 1.54) is 11.3 Å². The molecule has 3 aromatic rings. The van der Waals surface area contributed by atoms with Gasteiger partial charge < -0.3 is 19.5 Å². The summed E-state index contributed by atoms with van der Waals surface area (Å²) in [5.74, 6) is 1.63. The van der Waals surface area contributed by atoms with Crippen LogP contribution in [0, 0.1) is 6.92 Å². The molecule has 1 aromatic carbocycles. The molecule has 0 bridgehead atoms. The molecule has 0 aliphatic carbocycles. The molecular formula is C19H19N3O4S. The number of methoxy groups -OCH3 is 2. The van der Waals surface area contributed by atoms with Crippen LogP contribution in [-0.2, 0) is 11.3 Å². The zero-order valence-corrected chi connectivity index (χ0v) is 16.1. The van der Waals surface area contributed by atoms with Crippen molar-refractivity contribution in [3.63, 3.8) is 0 Å². The third-order valence-corrected chi connectivity index (χ3v) is 5.67. The number of amides is 1. The van der Waals surface area contributed by atoms with Gasteiger partial charge in [-0.3, -0.25) is 4.79 Å². The zero-order chi connectivity index (χ0) is 19.0. The monoisotopic (exact) mass is 385 g/mol. The Hall–Kier alpha value is -2.71. The maximum Gasteiger partial charge on any atom is 0.262 e. The lowest BCUT2D eigenvalue weighted by atomic mass is 10.1. The fourth-order valence-electron chi connectivity index (χ4n) is 3.21. The van der Waals surface area contributed by atoms with E-state index in [4.69, 9.17) is 14.2 Å². The number of aryl methyl sites for hydroxylation is 1. The molecule has 4 rings (SSSR count). The molecule has 7 nitrogen and oxygen atoms in total. The maximum absolute atomic E-state index is 12.9. The lowest BCUT2D eigenvalue weighted by Crippen LogP contribution is -2.29. The molecule has 1 aliphatic rings. The van der Waals surface area contributed by atoms with Gasteiger partial charge in [0.2, 0.25) is 5.88 Å². The highest BCUT2D eigenvalue weighted by Crippen LogP contribution is 2.36. The number of carbonyl (C=O) groups is 1. The summed E-state index contributed by atoms with van der Waals surface area (Å²) in [5, 5.41) is 3.82. The molecule has 1 N–H and O–H groups in total. The number of para-hydroxylation sites is 1. The van der Waals surface area contributed by atoms with E-state index in [0.29, 0.717) is 28.0 Å². The topological polar surface area (TPSA) is 82.6 Å². The molecular weight excluding hydrogens is 366 g/mol. The number of aromatic nitrogens is 2. The van der Waals surface area contributed by atoms with Crippen LogP contribution in [0.2, 0.25) is 0 Å². The van der Waals surface area contributed by atoms with Crippen molar-refractivity contribution < 1.29 is 19.0 Å². The molecule has 0 saturated heterocycles. The molecule has 0 spiro atoms. The third-order valence-electron chi connectivity index (χ3n) is 4.48. The maximum atomic E-state index is 12.9. The van der Waals surface area contributed by atoms with Crippen molar-refractivity contribution in [2.75, 3.05) is 20.8 Å². The van der Waals surface area contributed by atoms with Crippen LogP contribution >= 0.6 is 11.3 Å². The zero-order valence-electron chi connectivity index (χ0n) is 15.2. The minimum Gasteiger partial charge on any atom is -0.491 e. The van der Waals surface area contributed by atoms with E-state index in [2.05, 4.69) is 15.3 Å². The van der Waals surface area contributed by atoms with Crippen molar-refractivity contribution in [1.29, 1.82) is 0 Å². The van der Waals surface area contributed by atoms with Gasteiger partial charge in [-0.25, -0.2) is 4.98 Å². The average Bonchev–Trinajstić information content (AvgIpc) is 3.23. The fraction of sp³-hybridized carbons (Fsp3) is 0.316. The van der Waals surface area contributed by atoms with Gasteiger partial charge in [-0.05, 0) is 18.6 Å². The number of fused-ring (bicyclic) bond motifs is 2. The number of hydrogen-bond acceptors (Lipinski definition) is 7. The molecule has 8 heteroatoms. The number of nitrogens with one attached hydrogen (secondary N) is 1. The molecule has 1 atom stereocenters. The summed E-state index contributed by atoms with van der Waals surface area (Å²) in [7, 11) is 3.14. The first-order chi connectivity index (χ1) is 13.1. The molecule has 1 amide bonds. The highest BCUT2D eigenvalue weighted by molar-refractivity contribution is 7.20. The van der Waals surface area contributed by atoms with Crippen LogP contribution < -0.4 is 14.8 Å². The number of rotatable bonds is 5. The Bertz CT molecular complexity index is 1020. The Kier molecular flexibility index (Phi) is 4.67. The second-order valence-electron chi connectivity index (χ2n) is 6.19. The molecule has 0 fully saturated rings. The van der Waals surface area contributed by atoms with Gasteiger partial charge in [0.05, 0.1) is 23.4 Å². The summed E-state index contributed by atoms with van der Waals surface area (Å²) in [4.78, 5) is 23.1. The minimum absolute atomic E-state index is 0.156. The highest BCUT2D eigenvalue weighted by Gasteiger charge is 2.28. The second-order valence-corrected chi connectivity index (χ2v) is 7.19. The van der Waals surface area contributed by atoms with E-state index in [1.54, 1.807) is 14.2 Å². The summed E-state index contributed by atoms with van der Waals surface area (Å²) in [6.45, 7) is 2.59. The van der Waals surface area contributed by atoms with Gasteiger partial charge in [-0.2, -0.15) is 4.98 Å². The van der Waals surface area contributed by atoms with Crippen molar-refractivity contribution in [3.8, 4) is 11.6 Å². The van der Waals surface area contributed by atoms with Gasteiger partial charge >= 0.3 is 0 Å². The quantitative estimate of drug-likeness (QED) is 0.727. The first-order valence-corrected chi connectivity index (χ1v) is 9.29. The van der Waals surface area contributed by atoms with Gasteiger partial charge in [-0.15, -0.1) is 11.3 Å². The number of benzene rings is 1. The summed E-state index contributed by atoms with van der Waals surface area (Å²) < 4.78 is 16.2. The van der Waals surface area contributed by atoms with Crippen molar-refractivity contribution in [3.05, 3.63) is 46.1 Å². The van der Waals surface area contributed by atoms with Crippen LogP contribution in [0.15, 0.2) is 24.3 Å². The van der Waals surface area contributed by atoms with Crippen molar-refractivity contribution in [2.45, 2.75) is 19.6 Å². The molecule has 27 heavy (non-hydrogen) atoms. The predicted molar refractivity (Wildman–Crippen MR) is 102 cm³/mol. The Labute approximate surface area is 160 Å². The van der Waals surface area contributed by atoms with E-state index in [-0.39, 0.29) is 18.6 Å². The van der Waals surface area contributed by atoms with E-state index >= 15 is 0 Å². The summed E-state index contributed by atoms with van der Waals surface area (Å²) in [5.41, 5.74) is 1.80. The second kappa shape index (κ2) is 7.13. The van der Waals surface area contributed by atoms with Gasteiger partial charge in [0.25, 0.3) is 5.91 Å².